The van der Waals surface area contributed by atoms with E-state index in [1.807, 2.05) is 72.9 Å². The summed E-state index contributed by atoms with van der Waals surface area (Å²) in [7, 11) is 0. The Hall–Kier alpha value is -3.64. The summed E-state index contributed by atoms with van der Waals surface area (Å²) in [6.45, 7) is 3.64. The Morgan fingerprint density at radius 2 is 1.67 bits per heavy atom. The third-order valence-electron chi connectivity index (χ3n) is 5.88. The second-order valence-corrected chi connectivity index (χ2v) is 8.65. The lowest BCUT2D eigenvalue weighted by molar-refractivity contribution is -0.130. The fourth-order valence-corrected chi connectivity index (χ4v) is 3.92. The number of amides is 2. The number of rotatable bonds is 8. The topological polar surface area (TPSA) is 94.2 Å². The molecule has 0 spiro atoms. The molecule has 6 nitrogen and oxygen atoms in total. The van der Waals surface area contributed by atoms with Crippen molar-refractivity contribution in [1.29, 1.82) is 0 Å². The fraction of sp³-hybridized carbons (Fsp3) is 0.259. The van der Waals surface area contributed by atoms with Crippen molar-refractivity contribution in [1.82, 2.24) is 15.6 Å². The SMILES string of the molecule is CC(C)C(=O)NC(Cc1c[nH]c2ccccc12)C(=O)NCC(O)c1ccc2ccccc2c1. The van der Waals surface area contributed by atoms with E-state index >= 15 is 0 Å². The predicted octanol–water partition coefficient (Wildman–Crippen LogP) is 3.85. The Morgan fingerprint density at radius 3 is 2.45 bits per heavy atom. The number of hydrogen-bond donors (Lipinski definition) is 4. The summed E-state index contributed by atoms with van der Waals surface area (Å²) in [6, 6.07) is 20.8. The van der Waals surface area contributed by atoms with Gasteiger partial charge in [-0.1, -0.05) is 68.4 Å². The molecule has 0 fully saturated rings. The molecule has 0 aliphatic heterocycles. The zero-order chi connectivity index (χ0) is 23.4. The third kappa shape index (κ3) is 5.23. The summed E-state index contributed by atoms with van der Waals surface area (Å²) in [4.78, 5) is 28.7. The van der Waals surface area contributed by atoms with Gasteiger partial charge >= 0.3 is 0 Å². The number of aliphatic hydroxyl groups is 1. The summed E-state index contributed by atoms with van der Waals surface area (Å²) in [5.41, 5.74) is 2.66. The van der Waals surface area contributed by atoms with Crippen LogP contribution in [0.2, 0.25) is 0 Å². The maximum Gasteiger partial charge on any atom is 0.243 e. The van der Waals surface area contributed by atoms with E-state index in [0.717, 1.165) is 32.8 Å². The van der Waals surface area contributed by atoms with Crippen molar-refractivity contribution in [3.05, 3.63) is 84.1 Å². The lowest BCUT2D eigenvalue weighted by atomic mass is 10.0. The van der Waals surface area contributed by atoms with Gasteiger partial charge < -0.3 is 20.7 Å². The van der Waals surface area contributed by atoms with E-state index in [2.05, 4.69) is 15.6 Å². The number of fused-ring (bicyclic) bond motifs is 2. The second-order valence-electron chi connectivity index (χ2n) is 8.65. The minimum absolute atomic E-state index is 0.0547. The molecule has 4 aromatic rings. The molecule has 2 unspecified atom stereocenters. The van der Waals surface area contributed by atoms with Crippen LogP contribution in [-0.2, 0) is 16.0 Å². The average molecular weight is 444 g/mol. The van der Waals surface area contributed by atoms with E-state index < -0.39 is 12.1 Å². The van der Waals surface area contributed by atoms with Gasteiger partial charge in [-0.05, 0) is 34.0 Å². The third-order valence-corrected chi connectivity index (χ3v) is 5.88. The second kappa shape index (κ2) is 9.88. The van der Waals surface area contributed by atoms with Gasteiger partial charge in [0.2, 0.25) is 11.8 Å². The van der Waals surface area contributed by atoms with Crippen LogP contribution in [-0.4, -0.2) is 34.5 Å². The van der Waals surface area contributed by atoms with Gasteiger partial charge in [-0.15, -0.1) is 0 Å². The molecule has 170 valence electrons. The molecule has 1 heterocycles. The number of aromatic amines is 1. The number of hydrogen-bond acceptors (Lipinski definition) is 3. The van der Waals surface area contributed by atoms with E-state index in [-0.39, 0.29) is 24.3 Å². The number of nitrogens with one attached hydrogen (secondary N) is 3. The summed E-state index contributed by atoms with van der Waals surface area (Å²) in [6.07, 6.45) is 1.37. The first-order chi connectivity index (χ1) is 15.9. The van der Waals surface area contributed by atoms with Crippen LogP contribution in [0.15, 0.2) is 72.9 Å². The largest absolute Gasteiger partial charge is 0.387 e. The van der Waals surface area contributed by atoms with Gasteiger partial charge in [0.1, 0.15) is 6.04 Å². The van der Waals surface area contributed by atoms with E-state index in [0.29, 0.717) is 6.42 Å². The van der Waals surface area contributed by atoms with Crippen LogP contribution in [0.25, 0.3) is 21.7 Å². The minimum Gasteiger partial charge on any atom is -0.387 e. The van der Waals surface area contributed by atoms with Crippen LogP contribution in [0, 0.1) is 5.92 Å². The van der Waals surface area contributed by atoms with Crippen molar-refractivity contribution >= 4 is 33.5 Å². The van der Waals surface area contributed by atoms with Crippen molar-refractivity contribution < 1.29 is 14.7 Å². The lowest BCUT2D eigenvalue weighted by Crippen LogP contribution is -2.49. The Morgan fingerprint density at radius 1 is 0.939 bits per heavy atom. The molecule has 1 aromatic heterocycles. The number of aromatic nitrogens is 1. The summed E-state index contributed by atoms with van der Waals surface area (Å²) in [5, 5.41) is 19.5. The van der Waals surface area contributed by atoms with Crippen LogP contribution in [0.3, 0.4) is 0 Å². The molecule has 0 saturated heterocycles. The molecule has 6 heteroatoms. The van der Waals surface area contributed by atoms with Crippen molar-refractivity contribution in [2.45, 2.75) is 32.4 Å². The normalized spacial score (nSPS) is 13.2. The first-order valence-electron chi connectivity index (χ1n) is 11.2. The van der Waals surface area contributed by atoms with Gasteiger partial charge in [-0.3, -0.25) is 9.59 Å². The van der Waals surface area contributed by atoms with Crippen LogP contribution in [0.1, 0.15) is 31.1 Å². The Labute approximate surface area is 193 Å². The van der Waals surface area contributed by atoms with Crippen LogP contribution < -0.4 is 10.6 Å². The lowest BCUT2D eigenvalue weighted by Gasteiger charge is -2.21. The van der Waals surface area contributed by atoms with Gasteiger partial charge in [0.25, 0.3) is 0 Å². The standard InChI is InChI=1S/C27H29N3O3/c1-17(2)26(32)30-24(14-21-15-28-23-10-6-5-9-22(21)23)27(33)29-16-25(31)20-12-11-18-7-3-4-8-19(18)13-20/h3-13,15,17,24-25,28,31H,14,16H2,1-2H3,(H,29,33)(H,30,32). The fourth-order valence-electron chi connectivity index (χ4n) is 3.92. The van der Waals surface area contributed by atoms with E-state index in [1.54, 1.807) is 13.8 Å². The van der Waals surface area contributed by atoms with E-state index in [1.165, 1.54) is 0 Å². The van der Waals surface area contributed by atoms with E-state index in [9.17, 15) is 14.7 Å². The summed E-state index contributed by atoms with van der Waals surface area (Å²) in [5.74, 6) is -0.759. The molecule has 33 heavy (non-hydrogen) atoms. The average Bonchev–Trinajstić information content (AvgIpc) is 3.24. The zero-order valence-corrected chi connectivity index (χ0v) is 18.8. The highest BCUT2D eigenvalue weighted by atomic mass is 16.3. The number of benzene rings is 3. The smallest absolute Gasteiger partial charge is 0.243 e. The van der Waals surface area contributed by atoms with E-state index in [4.69, 9.17) is 0 Å². The number of aliphatic hydroxyl groups excluding tert-OH is 1. The van der Waals surface area contributed by atoms with Crippen molar-refractivity contribution in [2.24, 2.45) is 5.92 Å². The Kier molecular flexibility index (Phi) is 6.75. The summed E-state index contributed by atoms with van der Waals surface area (Å²) < 4.78 is 0. The van der Waals surface area contributed by atoms with Gasteiger partial charge in [0, 0.05) is 36.0 Å². The predicted molar refractivity (Wildman–Crippen MR) is 131 cm³/mol. The highest BCUT2D eigenvalue weighted by Crippen LogP contribution is 2.21. The number of carbonyl (C=O) groups excluding carboxylic acids is 2. The molecule has 0 aliphatic carbocycles. The Balaban J connectivity index is 1.47. The molecular formula is C27H29N3O3. The van der Waals surface area contributed by atoms with Gasteiger partial charge in [-0.25, -0.2) is 0 Å². The molecule has 2 amide bonds. The maximum absolute atomic E-state index is 13.1. The van der Waals surface area contributed by atoms with Gasteiger partial charge in [0.15, 0.2) is 0 Å². The van der Waals surface area contributed by atoms with Crippen molar-refractivity contribution in [3.8, 4) is 0 Å². The molecule has 0 saturated carbocycles. The highest BCUT2D eigenvalue weighted by molar-refractivity contribution is 5.90. The van der Waals surface area contributed by atoms with Crippen molar-refractivity contribution in [3.63, 3.8) is 0 Å². The first kappa shape index (κ1) is 22.6. The van der Waals surface area contributed by atoms with Gasteiger partial charge in [-0.2, -0.15) is 0 Å². The van der Waals surface area contributed by atoms with Gasteiger partial charge in [0.05, 0.1) is 6.10 Å². The van der Waals surface area contributed by atoms with Crippen molar-refractivity contribution in [2.75, 3.05) is 6.54 Å². The zero-order valence-electron chi connectivity index (χ0n) is 18.8. The number of carbonyl (C=O) groups is 2. The molecule has 4 N–H and O–H groups in total. The minimum atomic E-state index is -0.854. The Bertz CT molecular complexity index is 1280. The molecule has 0 aliphatic rings. The van der Waals surface area contributed by atoms with Crippen LogP contribution in [0.4, 0.5) is 0 Å². The maximum atomic E-state index is 13.1. The number of para-hydroxylation sites is 1. The molecule has 0 radical (unpaired) electrons. The highest BCUT2D eigenvalue weighted by Gasteiger charge is 2.24. The van der Waals surface area contributed by atoms with Crippen LogP contribution >= 0.6 is 0 Å². The van der Waals surface area contributed by atoms with Crippen LogP contribution in [0.5, 0.6) is 0 Å². The molecular weight excluding hydrogens is 414 g/mol. The number of H-pyrrole nitrogens is 1. The molecule has 2 atom stereocenters. The molecule has 0 bridgehead atoms. The molecule has 4 rings (SSSR count). The molecule has 3 aromatic carbocycles. The first-order valence-corrected chi connectivity index (χ1v) is 11.2. The summed E-state index contributed by atoms with van der Waals surface area (Å²) >= 11 is 0. The monoisotopic (exact) mass is 443 g/mol. The quantitative estimate of drug-likeness (QED) is 0.333.